The summed E-state index contributed by atoms with van der Waals surface area (Å²) in [6.07, 6.45) is 0.718. The molecule has 0 aliphatic carbocycles. The summed E-state index contributed by atoms with van der Waals surface area (Å²) in [6, 6.07) is 7.28. The van der Waals surface area contributed by atoms with Crippen molar-refractivity contribution < 1.29 is 4.74 Å². The molecule has 1 atom stereocenters. The Bertz CT molecular complexity index is 1390. The van der Waals surface area contributed by atoms with E-state index in [0.29, 0.717) is 47.0 Å². The van der Waals surface area contributed by atoms with Crippen molar-refractivity contribution in [2.45, 2.75) is 51.1 Å². The van der Waals surface area contributed by atoms with E-state index in [1.165, 1.54) is 23.1 Å². The molecule has 0 aliphatic heterocycles. The number of para-hydroxylation sites is 1. The van der Waals surface area contributed by atoms with Crippen molar-refractivity contribution in [3.05, 3.63) is 61.2 Å². The second-order valence-corrected chi connectivity index (χ2v) is 10.1. The van der Waals surface area contributed by atoms with Crippen LogP contribution in [0.5, 0.6) is 0 Å². The molecule has 1 N–H and O–H groups in total. The van der Waals surface area contributed by atoms with Crippen molar-refractivity contribution in [3.8, 4) is 0 Å². The molecule has 0 spiro atoms. The molecule has 0 fully saturated rings. The molecular formula is C23H26N4O3S2. The molecule has 4 rings (SSSR count). The number of H-pyrrole nitrogens is 1. The third-order valence-corrected chi connectivity index (χ3v) is 7.63. The number of rotatable bonds is 8. The summed E-state index contributed by atoms with van der Waals surface area (Å²) in [4.78, 5) is 40.1. The summed E-state index contributed by atoms with van der Waals surface area (Å²) in [5.41, 5.74) is 1.45. The van der Waals surface area contributed by atoms with Gasteiger partial charge >= 0.3 is 0 Å². The van der Waals surface area contributed by atoms with E-state index < -0.39 is 0 Å². The lowest BCUT2D eigenvalue weighted by molar-refractivity contribution is 0.140. The number of hydrogen-bond donors (Lipinski definition) is 1. The first-order chi connectivity index (χ1) is 15.4. The lowest BCUT2D eigenvalue weighted by atomic mass is 10.2. The van der Waals surface area contributed by atoms with Crippen LogP contribution < -0.4 is 11.1 Å². The van der Waals surface area contributed by atoms with Crippen molar-refractivity contribution in [1.29, 1.82) is 0 Å². The fraction of sp³-hybridized carbons (Fsp3) is 0.391. The molecule has 0 amide bonds. The predicted octanol–water partition coefficient (Wildman–Crippen LogP) is 4.59. The number of nitrogens with zero attached hydrogens (tertiary/aromatic N) is 3. The van der Waals surface area contributed by atoms with E-state index in [9.17, 15) is 9.59 Å². The fourth-order valence-electron chi connectivity index (χ4n) is 3.58. The monoisotopic (exact) mass is 470 g/mol. The highest BCUT2D eigenvalue weighted by Crippen LogP contribution is 2.34. The van der Waals surface area contributed by atoms with Crippen LogP contribution in [0.1, 0.15) is 41.8 Å². The first-order valence-corrected chi connectivity index (χ1v) is 12.3. The second-order valence-electron chi connectivity index (χ2n) is 7.59. The molecule has 9 heteroatoms. The molecule has 3 aromatic heterocycles. The van der Waals surface area contributed by atoms with Crippen molar-refractivity contribution in [2.75, 3.05) is 13.2 Å². The third-order valence-electron chi connectivity index (χ3n) is 5.43. The lowest BCUT2D eigenvalue weighted by Crippen LogP contribution is -2.24. The summed E-state index contributed by atoms with van der Waals surface area (Å²) in [5.74, 6) is 0.562. The second kappa shape index (κ2) is 9.56. The van der Waals surface area contributed by atoms with E-state index in [2.05, 4.69) is 9.97 Å². The fourth-order valence-corrected chi connectivity index (χ4v) is 5.64. The zero-order valence-corrected chi connectivity index (χ0v) is 20.2. The number of thioether (sulfide) groups is 1. The largest absolute Gasteiger partial charge is 0.382 e. The van der Waals surface area contributed by atoms with Gasteiger partial charge in [-0.2, -0.15) is 0 Å². The van der Waals surface area contributed by atoms with Gasteiger partial charge in [-0.15, -0.1) is 11.3 Å². The standard InChI is InChI=1S/C23H26N4O3S2/c1-5-30-12-8-11-27-22(29)18-13(2)14(3)31-21(18)26-23(27)32-15(4)19-24-17-10-7-6-9-16(17)20(28)25-19/h6-7,9-10,15H,5,8,11-12H2,1-4H3,(H,24,25,28). The minimum absolute atomic E-state index is 0.0250. The number of aromatic nitrogens is 4. The average molecular weight is 471 g/mol. The zero-order valence-electron chi connectivity index (χ0n) is 18.6. The van der Waals surface area contributed by atoms with E-state index >= 15 is 0 Å². The maximum absolute atomic E-state index is 13.4. The van der Waals surface area contributed by atoms with Crippen LogP contribution in [0.4, 0.5) is 0 Å². The van der Waals surface area contributed by atoms with Crippen molar-refractivity contribution >= 4 is 44.2 Å². The smallest absolute Gasteiger partial charge is 0.263 e. The van der Waals surface area contributed by atoms with Gasteiger partial charge in [0.15, 0.2) is 5.16 Å². The lowest BCUT2D eigenvalue weighted by Gasteiger charge is -2.16. The highest BCUT2D eigenvalue weighted by molar-refractivity contribution is 7.99. The molecule has 1 aromatic carbocycles. The normalized spacial score (nSPS) is 12.6. The van der Waals surface area contributed by atoms with E-state index in [1.807, 2.05) is 45.9 Å². The van der Waals surface area contributed by atoms with Crippen LogP contribution in [-0.4, -0.2) is 32.7 Å². The van der Waals surface area contributed by atoms with Crippen LogP contribution in [-0.2, 0) is 11.3 Å². The summed E-state index contributed by atoms with van der Waals surface area (Å²) < 4.78 is 7.20. The van der Waals surface area contributed by atoms with Crippen LogP contribution in [0.15, 0.2) is 39.0 Å². The predicted molar refractivity (Wildman–Crippen MR) is 131 cm³/mol. The molecule has 0 saturated carbocycles. The molecule has 7 nitrogen and oxygen atoms in total. The summed E-state index contributed by atoms with van der Waals surface area (Å²) in [6.45, 7) is 9.66. The molecule has 3 heterocycles. The Kier molecular flexibility index (Phi) is 6.78. The summed E-state index contributed by atoms with van der Waals surface area (Å²) in [7, 11) is 0. The molecular weight excluding hydrogens is 444 g/mol. The number of fused-ring (bicyclic) bond motifs is 2. The topological polar surface area (TPSA) is 89.9 Å². The molecule has 0 aliphatic rings. The number of thiophene rings is 1. The number of hydrogen-bond acceptors (Lipinski definition) is 7. The van der Waals surface area contributed by atoms with Crippen molar-refractivity contribution in [3.63, 3.8) is 0 Å². The van der Waals surface area contributed by atoms with E-state index in [-0.39, 0.29) is 16.4 Å². The van der Waals surface area contributed by atoms with Crippen LogP contribution in [0.2, 0.25) is 0 Å². The Labute approximate surface area is 193 Å². The first kappa shape index (κ1) is 22.7. The van der Waals surface area contributed by atoms with Gasteiger partial charge < -0.3 is 9.72 Å². The summed E-state index contributed by atoms with van der Waals surface area (Å²) >= 11 is 2.97. The highest BCUT2D eigenvalue weighted by atomic mass is 32.2. The molecule has 0 radical (unpaired) electrons. The van der Waals surface area contributed by atoms with Gasteiger partial charge in [0.1, 0.15) is 10.7 Å². The molecule has 32 heavy (non-hydrogen) atoms. The van der Waals surface area contributed by atoms with E-state index in [0.717, 1.165) is 21.7 Å². The Hall–Kier alpha value is -2.49. The highest BCUT2D eigenvalue weighted by Gasteiger charge is 2.20. The summed E-state index contributed by atoms with van der Waals surface area (Å²) in [5, 5.41) is 1.68. The molecule has 1 unspecified atom stereocenters. The third kappa shape index (κ3) is 4.37. The van der Waals surface area contributed by atoms with Gasteiger partial charge in [0.2, 0.25) is 0 Å². The van der Waals surface area contributed by atoms with E-state index in [4.69, 9.17) is 9.72 Å². The number of nitrogens with one attached hydrogen (secondary N) is 1. The maximum atomic E-state index is 13.4. The van der Waals surface area contributed by atoms with Crippen LogP contribution in [0.25, 0.3) is 21.1 Å². The van der Waals surface area contributed by atoms with Gasteiger partial charge in [0, 0.05) is 24.6 Å². The first-order valence-electron chi connectivity index (χ1n) is 10.6. The Morgan fingerprint density at radius 2 is 2.00 bits per heavy atom. The molecule has 0 bridgehead atoms. The Morgan fingerprint density at radius 3 is 2.78 bits per heavy atom. The SMILES string of the molecule is CCOCCCn1c(SC(C)c2nc3ccccc3c(=O)[nH]2)nc2sc(C)c(C)c2c1=O. The van der Waals surface area contributed by atoms with Gasteiger partial charge in [0.05, 0.1) is 21.5 Å². The maximum Gasteiger partial charge on any atom is 0.263 e. The van der Waals surface area contributed by atoms with Crippen LogP contribution in [0, 0.1) is 13.8 Å². The van der Waals surface area contributed by atoms with Crippen molar-refractivity contribution in [2.24, 2.45) is 0 Å². The Balaban J connectivity index is 1.74. The van der Waals surface area contributed by atoms with Gasteiger partial charge in [-0.05, 0) is 51.8 Å². The van der Waals surface area contributed by atoms with Crippen molar-refractivity contribution in [1.82, 2.24) is 19.5 Å². The Morgan fingerprint density at radius 1 is 1.22 bits per heavy atom. The van der Waals surface area contributed by atoms with E-state index in [1.54, 1.807) is 10.6 Å². The van der Waals surface area contributed by atoms with Gasteiger partial charge in [-0.25, -0.2) is 9.97 Å². The van der Waals surface area contributed by atoms with Gasteiger partial charge in [-0.1, -0.05) is 23.9 Å². The average Bonchev–Trinajstić information content (AvgIpc) is 3.06. The van der Waals surface area contributed by atoms with Crippen LogP contribution in [0.3, 0.4) is 0 Å². The number of aromatic amines is 1. The number of aryl methyl sites for hydroxylation is 2. The van der Waals surface area contributed by atoms with Crippen LogP contribution >= 0.6 is 23.1 Å². The minimum atomic E-state index is -0.197. The van der Waals surface area contributed by atoms with Gasteiger partial charge in [-0.3, -0.25) is 14.2 Å². The quantitative estimate of drug-likeness (QED) is 0.230. The molecule has 168 valence electrons. The molecule has 4 aromatic rings. The van der Waals surface area contributed by atoms with Gasteiger partial charge in [0.25, 0.3) is 11.1 Å². The molecule has 0 saturated heterocycles. The zero-order chi connectivity index (χ0) is 22.8. The number of benzene rings is 1. The minimum Gasteiger partial charge on any atom is -0.382 e. The number of ether oxygens (including phenoxy) is 1.